The van der Waals surface area contributed by atoms with E-state index in [0.717, 1.165) is 32.8 Å². The molecule has 0 spiro atoms. The van der Waals surface area contributed by atoms with E-state index in [2.05, 4.69) is 21.4 Å². The van der Waals surface area contributed by atoms with E-state index in [1.807, 2.05) is 31.2 Å². The molecule has 6 nitrogen and oxygen atoms in total. The summed E-state index contributed by atoms with van der Waals surface area (Å²) in [6.45, 7) is 5.74. The van der Waals surface area contributed by atoms with Gasteiger partial charge in [-0.2, -0.15) is 0 Å². The van der Waals surface area contributed by atoms with Crippen molar-refractivity contribution in [2.24, 2.45) is 0 Å². The molecule has 1 N–H and O–H groups in total. The maximum Gasteiger partial charge on any atom is 0.350 e. The largest absolute Gasteiger partial charge is 0.462 e. The summed E-state index contributed by atoms with van der Waals surface area (Å²) < 4.78 is 4.99. The van der Waals surface area contributed by atoms with Crippen LogP contribution in [0.15, 0.2) is 35.4 Å². The number of rotatable bonds is 6. The van der Waals surface area contributed by atoms with E-state index in [1.54, 1.807) is 13.8 Å². The van der Waals surface area contributed by atoms with Crippen LogP contribution in [0, 0.1) is 13.8 Å². The summed E-state index contributed by atoms with van der Waals surface area (Å²) in [5.74, 6) is -0.406. The van der Waals surface area contributed by atoms with Crippen molar-refractivity contribution < 1.29 is 14.3 Å². The standard InChI is InChI=1S/C19H19N3O3S2/c1-4-25-18(24)16-12(3)20-19(27-16)22-15(23)10-26-17-11(2)9-13-7-5-6-8-14(13)21-17/h5-9H,4,10H2,1-3H3,(H,20,22,23). The normalized spacial score (nSPS) is 10.8. The van der Waals surface area contributed by atoms with Crippen LogP contribution >= 0.6 is 23.1 Å². The van der Waals surface area contributed by atoms with Gasteiger partial charge in [-0.05, 0) is 38.5 Å². The molecule has 0 atom stereocenters. The molecule has 0 aliphatic rings. The highest BCUT2D eigenvalue weighted by atomic mass is 32.2. The fourth-order valence-corrected chi connectivity index (χ4v) is 4.14. The Morgan fingerprint density at radius 1 is 1.22 bits per heavy atom. The number of amides is 1. The number of carbonyl (C=O) groups excluding carboxylic acids is 2. The third-order valence-electron chi connectivity index (χ3n) is 3.71. The predicted octanol–water partition coefficient (Wildman–Crippen LogP) is 4.22. The number of thioether (sulfide) groups is 1. The zero-order chi connectivity index (χ0) is 19.4. The van der Waals surface area contributed by atoms with Gasteiger partial charge in [0.15, 0.2) is 5.13 Å². The highest BCUT2D eigenvalue weighted by Gasteiger charge is 2.17. The van der Waals surface area contributed by atoms with Gasteiger partial charge in [-0.3, -0.25) is 4.79 Å². The summed E-state index contributed by atoms with van der Waals surface area (Å²) in [5.41, 5.74) is 2.48. The smallest absolute Gasteiger partial charge is 0.350 e. The minimum atomic E-state index is -0.418. The Bertz CT molecular complexity index is 1000. The molecule has 3 aromatic rings. The minimum absolute atomic E-state index is 0.196. The van der Waals surface area contributed by atoms with Gasteiger partial charge in [0.1, 0.15) is 9.90 Å². The molecule has 0 aliphatic carbocycles. The topological polar surface area (TPSA) is 81.2 Å². The van der Waals surface area contributed by atoms with Crippen molar-refractivity contribution in [2.75, 3.05) is 17.7 Å². The van der Waals surface area contributed by atoms with Crippen molar-refractivity contribution in [2.45, 2.75) is 25.8 Å². The second kappa shape index (κ2) is 8.49. The third kappa shape index (κ3) is 4.64. The van der Waals surface area contributed by atoms with Gasteiger partial charge in [0.05, 0.1) is 23.6 Å². The zero-order valence-electron chi connectivity index (χ0n) is 15.2. The van der Waals surface area contributed by atoms with Crippen molar-refractivity contribution in [1.82, 2.24) is 9.97 Å². The van der Waals surface area contributed by atoms with Crippen molar-refractivity contribution in [1.29, 1.82) is 0 Å². The molecular weight excluding hydrogens is 382 g/mol. The lowest BCUT2D eigenvalue weighted by molar-refractivity contribution is -0.113. The van der Waals surface area contributed by atoms with Gasteiger partial charge in [-0.15, -0.1) is 0 Å². The van der Waals surface area contributed by atoms with E-state index in [4.69, 9.17) is 4.74 Å². The molecule has 0 saturated carbocycles. The van der Waals surface area contributed by atoms with Crippen LogP contribution in [0.1, 0.15) is 27.9 Å². The summed E-state index contributed by atoms with van der Waals surface area (Å²) in [5, 5.41) is 5.03. The van der Waals surface area contributed by atoms with Gasteiger partial charge in [-0.1, -0.05) is 41.3 Å². The number of pyridine rings is 1. The Hall–Kier alpha value is -2.45. The van der Waals surface area contributed by atoms with Crippen LogP contribution in [-0.4, -0.2) is 34.2 Å². The number of para-hydroxylation sites is 1. The van der Waals surface area contributed by atoms with Crippen LogP contribution in [0.25, 0.3) is 10.9 Å². The number of benzene rings is 1. The molecule has 2 aromatic heterocycles. The molecule has 1 amide bonds. The molecular formula is C19H19N3O3S2. The van der Waals surface area contributed by atoms with Crippen molar-refractivity contribution in [3.05, 3.63) is 46.5 Å². The Balaban J connectivity index is 1.64. The first-order valence-corrected chi connectivity index (χ1v) is 10.2. The Kier molecular flexibility index (Phi) is 6.08. The highest BCUT2D eigenvalue weighted by molar-refractivity contribution is 8.00. The van der Waals surface area contributed by atoms with Crippen LogP contribution in [0.3, 0.4) is 0 Å². The second-order valence-corrected chi connectivity index (χ2v) is 7.76. The predicted molar refractivity (Wildman–Crippen MR) is 109 cm³/mol. The second-order valence-electron chi connectivity index (χ2n) is 5.79. The quantitative estimate of drug-likeness (QED) is 0.492. The molecule has 1 aromatic carbocycles. The summed E-state index contributed by atoms with van der Waals surface area (Å²) in [6.07, 6.45) is 0. The number of ether oxygens (including phenoxy) is 1. The van der Waals surface area contributed by atoms with Crippen molar-refractivity contribution >= 4 is 51.0 Å². The summed E-state index contributed by atoms with van der Waals surface area (Å²) in [6, 6.07) is 9.96. The summed E-state index contributed by atoms with van der Waals surface area (Å²) in [4.78, 5) is 33.4. The molecule has 0 unspecified atom stereocenters. The molecule has 140 valence electrons. The number of fused-ring (bicyclic) bond motifs is 1. The lowest BCUT2D eigenvalue weighted by Gasteiger charge is -2.07. The number of aryl methyl sites for hydroxylation is 2. The van der Waals surface area contributed by atoms with E-state index in [-0.39, 0.29) is 11.7 Å². The fourth-order valence-electron chi connectivity index (χ4n) is 2.48. The van der Waals surface area contributed by atoms with Gasteiger partial charge in [0.25, 0.3) is 0 Å². The number of esters is 1. The Morgan fingerprint density at radius 2 is 2.00 bits per heavy atom. The average Bonchev–Trinajstić information content (AvgIpc) is 3.00. The van der Waals surface area contributed by atoms with Gasteiger partial charge >= 0.3 is 5.97 Å². The van der Waals surface area contributed by atoms with Crippen molar-refractivity contribution in [3.63, 3.8) is 0 Å². The molecule has 2 heterocycles. The van der Waals surface area contributed by atoms with Crippen LogP contribution < -0.4 is 5.32 Å². The molecule has 0 bridgehead atoms. The average molecular weight is 402 g/mol. The first-order chi connectivity index (χ1) is 13.0. The maximum absolute atomic E-state index is 12.3. The van der Waals surface area contributed by atoms with E-state index in [9.17, 15) is 9.59 Å². The first kappa shape index (κ1) is 19.3. The van der Waals surface area contributed by atoms with E-state index in [0.29, 0.717) is 22.3 Å². The molecule has 0 saturated heterocycles. The Morgan fingerprint density at radius 3 is 2.78 bits per heavy atom. The minimum Gasteiger partial charge on any atom is -0.462 e. The fraction of sp³-hybridized carbons (Fsp3) is 0.263. The van der Waals surface area contributed by atoms with Crippen LogP contribution in [-0.2, 0) is 9.53 Å². The molecule has 0 aliphatic heterocycles. The van der Waals surface area contributed by atoms with Crippen LogP contribution in [0.5, 0.6) is 0 Å². The molecule has 0 radical (unpaired) electrons. The summed E-state index contributed by atoms with van der Waals surface area (Å²) in [7, 11) is 0. The number of hydrogen-bond acceptors (Lipinski definition) is 7. The van der Waals surface area contributed by atoms with Crippen LogP contribution in [0.4, 0.5) is 5.13 Å². The Labute approximate surface area is 165 Å². The number of thiazole rings is 1. The SMILES string of the molecule is CCOC(=O)c1sc(NC(=O)CSc2nc3ccccc3cc2C)nc1C. The number of nitrogens with zero attached hydrogens (tertiary/aromatic N) is 2. The number of anilines is 1. The van der Waals surface area contributed by atoms with Gasteiger partial charge in [0, 0.05) is 5.39 Å². The lowest BCUT2D eigenvalue weighted by atomic mass is 10.2. The highest BCUT2D eigenvalue weighted by Crippen LogP contribution is 2.26. The molecule has 27 heavy (non-hydrogen) atoms. The molecule has 8 heteroatoms. The number of carbonyl (C=O) groups is 2. The van der Waals surface area contributed by atoms with Crippen LogP contribution in [0.2, 0.25) is 0 Å². The number of nitrogens with one attached hydrogen (secondary N) is 1. The lowest BCUT2D eigenvalue weighted by Crippen LogP contribution is -2.14. The van der Waals surface area contributed by atoms with Crippen molar-refractivity contribution in [3.8, 4) is 0 Å². The van der Waals surface area contributed by atoms with E-state index >= 15 is 0 Å². The maximum atomic E-state index is 12.3. The van der Waals surface area contributed by atoms with Gasteiger partial charge in [-0.25, -0.2) is 14.8 Å². The number of hydrogen-bond donors (Lipinski definition) is 1. The number of aromatic nitrogens is 2. The molecule has 0 fully saturated rings. The third-order valence-corrected chi connectivity index (χ3v) is 5.86. The first-order valence-electron chi connectivity index (χ1n) is 8.41. The van der Waals surface area contributed by atoms with Gasteiger partial charge in [0.2, 0.25) is 5.91 Å². The van der Waals surface area contributed by atoms with E-state index in [1.165, 1.54) is 11.8 Å². The van der Waals surface area contributed by atoms with Gasteiger partial charge < -0.3 is 10.1 Å². The summed E-state index contributed by atoms with van der Waals surface area (Å²) >= 11 is 2.50. The monoisotopic (exact) mass is 401 g/mol. The molecule has 3 rings (SSSR count). The van der Waals surface area contributed by atoms with E-state index < -0.39 is 5.97 Å². The zero-order valence-corrected chi connectivity index (χ0v) is 16.9.